The van der Waals surface area contributed by atoms with E-state index >= 15 is 0 Å². The van der Waals surface area contributed by atoms with Crippen molar-refractivity contribution in [1.29, 1.82) is 0 Å². The molecule has 1 atom stereocenters. The van der Waals surface area contributed by atoms with Gasteiger partial charge in [0.05, 0.1) is 18.7 Å². The molecule has 3 heterocycles. The van der Waals surface area contributed by atoms with Crippen molar-refractivity contribution in [2.45, 2.75) is 18.1 Å². The third-order valence-electron chi connectivity index (χ3n) is 4.12. The van der Waals surface area contributed by atoms with E-state index in [1.165, 1.54) is 0 Å². The molecule has 0 fully saturated rings. The zero-order valence-corrected chi connectivity index (χ0v) is 17.9. The molecule has 1 unspecified atom stereocenters. The molecular formula is C19H17BrF4N4O4. The predicted octanol–water partition coefficient (Wildman–Crippen LogP) is -0.404. The average molecular weight is 521 g/mol. The Labute approximate surface area is 187 Å². The van der Waals surface area contributed by atoms with Crippen LogP contribution in [0.4, 0.5) is 17.6 Å². The number of Topliss-reactive ketones (excluding diaryl/α,β-unsaturated/α-hetero) is 1. The molecule has 0 radical (unpaired) electrons. The molecule has 0 amide bonds. The van der Waals surface area contributed by atoms with E-state index in [1.54, 1.807) is 36.5 Å². The summed E-state index contributed by atoms with van der Waals surface area (Å²) in [6.45, 7) is -0.385. The number of nitrogens with zero attached hydrogens (tertiary/aromatic N) is 2. The monoisotopic (exact) mass is 520 g/mol. The van der Waals surface area contributed by atoms with E-state index in [4.69, 9.17) is 20.4 Å². The van der Waals surface area contributed by atoms with Gasteiger partial charge >= 0.3 is 6.18 Å². The standard InChI is InChI=1S/C17H16BrFN4O2.C2HF3O2/c18-11-4-5-13(21-7-11)14(24)6-12-2-1-3-15(22-12)17(9-19)10-25-8-16(20)23-17;3-2(4,5)1(6)7/h1-5,7H,6,8-10H2,(H2,20,23);(H,6,7). The number of aromatic nitrogens is 2. The van der Waals surface area contributed by atoms with Gasteiger partial charge in [0.1, 0.15) is 24.9 Å². The number of rotatable bonds is 5. The Balaban J connectivity index is 0.000000451. The molecule has 13 heteroatoms. The molecule has 8 nitrogen and oxygen atoms in total. The van der Waals surface area contributed by atoms with E-state index < -0.39 is 24.4 Å². The van der Waals surface area contributed by atoms with Crippen LogP contribution in [0.3, 0.4) is 0 Å². The predicted molar refractivity (Wildman–Crippen MR) is 104 cm³/mol. The second-order valence-electron chi connectivity index (χ2n) is 6.62. The maximum atomic E-state index is 13.8. The molecule has 2 aromatic rings. The Morgan fingerprint density at radius 1 is 1.28 bits per heavy atom. The summed E-state index contributed by atoms with van der Waals surface area (Å²) >= 11 is 3.28. The van der Waals surface area contributed by atoms with Gasteiger partial charge in [-0.2, -0.15) is 13.2 Å². The first kappa shape index (κ1) is 25.3. The minimum absolute atomic E-state index is 0.0743. The van der Waals surface area contributed by atoms with Gasteiger partial charge in [-0.05, 0) is 40.2 Å². The van der Waals surface area contributed by atoms with E-state index in [-0.39, 0.29) is 25.4 Å². The summed E-state index contributed by atoms with van der Waals surface area (Å²) in [4.78, 5) is 32.6. The normalized spacial score (nSPS) is 18.2. The highest BCUT2D eigenvalue weighted by atomic mass is 79.9. The summed E-state index contributed by atoms with van der Waals surface area (Å²) in [6.07, 6.45) is -3.55. The summed E-state index contributed by atoms with van der Waals surface area (Å²) < 4.78 is 51.5. The summed E-state index contributed by atoms with van der Waals surface area (Å²) in [5.74, 6) is -2.82. The first-order valence-electron chi connectivity index (χ1n) is 8.89. The van der Waals surface area contributed by atoms with Crippen molar-refractivity contribution in [3.63, 3.8) is 0 Å². The molecule has 172 valence electrons. The van der Waals surface area contributed by atoms with Crippen molar-refractivity contribution in [3.8, 4) is 0 Å². The van der Waals surface area contributed by atoms with E-state index in [1.807, 2.05) is 0 Å². The third-order valence-corrected chi connectivity index (χ3v) is 4.59. The lowest BCUT2D eigenvalue weighted by Crippen LogP contribution is -2.92. The Morgan fingerprint density at radius 2 is 1.97 bits per heavy atom. The number of nitrogens with one attached hydrogen (secondary N) is 1. The third kappa shape index (κ3) is 6.79. The number of carboxylic acid groups (broad SMARTS) is 1. The fourth-order valence-electron chi connectivity index (χ4n) is 2.63. The molecular weight excluding hydrogens is 504 g/mol. The molecule has 3 rings (SSSR count). The number of carbonyl (C=O) groups is 2. The maximum Gasteiger partial charge on any atom is 0.430 e. The summed E-state index contributed by atoms with van der Waals surface area (Å²) in [6, 6.07) is 8.56. The van der Waals surface area contributed by atoms with Gasteiger partial charge in [0.15, 0.2) is 11.3 Å². The molecule has 0 saturated heterocycles. The van der Waals surface area contributed by atoms with Gasteiger partial charge in [-0.25, -0.2) is 4.39 Å². The van der Waals surface area contributed by atoms with Gasteiger partial charge < -0.3 is 14.6 Å². The van der Waals surface area contributed by atoms with Crippen molar-refractivity contribution < 1.29 is 42.0 Å². The van der Waals surface area contributed by atoms with Gasteiger partial charge in [0.25, 0.3) is 5.84 Å². The van der Waals surface area contributed by atoms with Crippen LogP contribution in [-0.2, 0) is 21.5 Å². The molecule has 1 aliphatic rings. The van der Waals surface area contributed by atoms with Gasteiger partial charge in [-0.1, -0.05) is 6.07 Å². The van der Waals surface area contributed by atoms with Crippen LogP contribution in [0.5, 0.6) is 0 Å². The SMILES string of the molecule is NC1=[NH+]C(CF)(c2cccc(CC(=O)c3ccc(Br)cn3)n2)COC1.O=C([O-])C(F)(F)F. The van der Waals surface area contributed by atoms with Crippen LogP contribution in [0.1, 0.15) is 21.9 Å². The van der Waals surface area contributed by atoms with Crippen LogP contribution in [0.25, 0.3) is 0 Å². The lowest BCUT2D eigenvalue weighted by atomic mass is 9.96. The number of alkyl halides is 4. The molecule has 32 heavy (non-hydrogen) atoms. The number of carboxylic acids is 1. The number of aliphatic carboxylic acids is 1. The molecule has 0 aliphatic carbocycles. The van der Waals surface area contributed by atoms with Crippen LogP contribution in [0.15, 0.2) is 41.0 Å². The summed E-state index contributed by atoms with van der Waals surface area (Å²) in [5.41, 5.74) is 5.96. The summed E-state index contributed by atoms with van der Waals surface area (Å²) in [5, 5.41) is 8.78. The largest absolute Gasteiger partial charge is 0.542 e. The lowest BCUT2D eigenvalue weighted by Gasteiger charge is -2.27. The van der Waals surface area contributed by atoms with Crippen molar-refractivity contribution in [3.05, 3.63) is 58.1 Å². The first-order chi connectivity index (χ1) is 15.0. The van der Waals surface area contributed by atoms with Gasteiger partial charge in [-0.15, -0.1) is 0 Å². The van der Waals surface area contributed by atoms with Crippen molar-refractivity contribution >= 4 is 33.5 Å². The number of carbonyl (C=O) groups excluding carboxylic acids is 2. The van der Waals surface area contributed by atoms with Crippen molar-refractivity contribution in [1.82, 2.24) is 9.97 Å². The van der Waals surface area contributed by atoms with Crippen LogP contribution >= 0.6 is 15.9 Å². The van der Waals surface area contributed by atoms with Crippen LogP contribution in [0.2, 0.25) is 0 Å². The highest BCUT2D eigenvalue weighted by Gasteiger charge is 2.40. The number of ether oxygens (including phenoxy) is 1. The van der Waals surface area contributed by atoms with Gasteiger partial charge in [-0.3, -0.25) is 25.5 Å². The topological polar surface area (TPSA) is 132 Å². The van der Waals surface area contributed by atoms with Crippen molar-refractivity contribution in [2.24, 2.45) is 5.73 Å². The molecule has 0 saturated carbocycles. The average Bonchev–Trinajstić information content (AvgIpc) is 2.74. The zero-order valence-electron chi connectivity index (χ0n) is 16.3. The van der Waals surface area contributed by atoms with Gasteiger partial charge in [0.2, 0.25) is 0 Å². The lowest BCUT2D eigenvalue weighted by molar-refractivity contribution is -0.582. The van der Waals surface area contributed by atoms with Crippen LogP contribution in [-0.4, -0.2) is 53.6 Å². The highest BCUT2D eigenvalue weighted by Crippen LogP contribution is 2.18. The van der Waals surface area contributed by atoms with Gasteiger partial charge in [0, 0.05) is 16.4 Å². The highest BCUT2D eigenvalue weighted by molar-refractivity contribution is 9.10. The Bertz CT molecular complexity index is 1000. The molecule has 0 spiro atoms. The number of amidine groups is 1. The second-order valence-corrected chi connectivity index (χ2v) is 7.54. The van der Waals surface area contributed by atoms with Crippen LogP contribution in [0, 0.1) is 0 Å². The Kier molecular flexibility index (Phi) is 8.38. The number of halogens is 5. The molecule has 0 bridgehead atoms. The smallest absolute Gasteiger partial charge is 0.430 e. The fourth-order valence-corrected chi connectivity index (χ4v) is 2.87. The number of ketones is 1. The van der Waals surface area contributed by atoms with E-state index in [0.717, 1.165) is 4.47 Å². The maximum absolute atomic E-state index is 13.8. The number of nitrogens with two attached hydrogens (primary N) is 1. The number of pyridine rings is 2. The second kappa shape index (κ2) is 10.6. The van der Waals surface area contributed by atoms with E-state index in [9.17, 15) is 22.4 Å². The molecule has 1 aliphatic heterocycles. The molecule has 2 aromatic heterocycles. The van der Waals surface area contributed by atoms with E-state index in [0.29, 0.717) is 22.9 Å². The molecule has 3 N–H and O–H groups in total. The van der Waals surface area contributed by atoms with Crippen molar-refractivity contribution in [2.75, 3.05) is 19.9 Å². The number of hydrogen-bond donors (Lipinski definition) is 2. The zero-order chi connectivity index (χ0) is 23.9. The molecule has 0 aromatic carbocycles. The minimum atomic E-state index is -5.19. The first-order valence-corrected chi connectivity index (χ1v) is 9.68. The fraction of sp³-hybridized carbons (Fsp3) is 0.316. The quantitative estimate of drug-likeness (QED) is 0.404. The Morgan fingerprint density at radius 3 is 2.50 bits per heavy atom. The minimum Gasteiger partial charge on any atom is -0.542 e. The van der Waals surface area contributed by atoms with E-state index in [2.05, 4.69) is 30.9 Å². The number of hydrogen-bond acceptors (Lipinski definition) is 7. The van der Waals surface area contributed by atoms with Crippen LogP contribution < -0.4 is 15.8 Å². The summed E-state index contributed by atoms with van der Waals surface area (Å²) in [7, 11) is 0. The Hall–Kier alpha value is -2.93.